The number of ether oxygens (including phenoxy) is 1. The summed E-state index contributed by atoms with van der Waals surface area (Å²) in [6, 6.07) is 6.00. The molecular weight excluding hydrogens is 396 g/mol. The zero-order chi connectivity index (χ0) is 22.6. The molecule has 0 saturated heterocycles. The second-order valence-corrected chi connectivity index (χ2v) is 11.1. The van der Waals surface area contributed by atoms with Crippen molar-refractivity contribution in [3.63, 3.8) is 0 Å². The molecule has 4 rings (SSSR count). The third-order valence-corrected chi connectivity index (χ3v) is 9.13. The van der Waals surface area contributed by atoms with E-state index in [0.29, 0.717) is 29.9 Å². The van der Waals surface area contributed by atoms with Crippen LogP contribution < -0.4 is 0 Å². The van der Waals surface area contributed by atoms with Crippen LogP contribution in [0.2, 0.25) is 0 Å². The topological polar surface area (TPSA) is 46.5 Å². The zero-order valence-corrected chi connectivity index (χ0v) is 20.4. The predicted molar refractivity (Wildman–Crippen MR) is 130 cm³/mol. The van der Waals surface area contributed by atoms with Crippen molar-refractivity contribution in [1.82, 2.24) is 0 Å². The fraction of sp³-hybridized carbons (Fsp3) is 0.759. The molecule has 0 spiro atoms. The minimum atomic E-state index is 0.0365. The number of esters is 1. The number of phenols is 1. The number of fused-ring (bicyclic) bond motifs is 5. The number of rotatable bonds is 10. The Kier molecular flexibility index (Phi) is 7.84. The van der Waals surface area contributed by atoms with Gasteiger partial charge in [0.2, 0.25) is 0 Å². The SMILES string of the molecule is CCCCCCCCCCC(=O)O[C@H]1CC[C@H]2[C@@H]3CCc4cc(O)ccc4[C@H]3CC[C@]12C. The number of aromatic hydroxyl groups is 1. The summed E-state index contributed by atoms with van der Waals surface area (Å²) in [5.74, 6) is 2.40. The third-order valence-electron chi connectivity index (χ3n) is 9.13. The normalized spacial score (nSPS) is 30.9. The van der Waals surface area contributed by atoms with E-state index in [1.807, 2.05) is 12.1 Å². The van der Waals surface area contributed by atoms with Gasteiger partial charge in [0.25, 0.3) is 0 Å². The van der Waals surface area contributed by atoms with Crippen LogP contribution in [-0.2, 0) is 16.0 Å². The van der Waals surface area contributed by atoms with Gasteiger partial charge in [-0.15, -0.1) is 0 Å². The first kappa shape index (κ1) is 23.6. The maximum absolute atomic E-state index is 12.6. The third kappa shape index (κ3) is 5.02. The Morgan fingerprint density at radius 1 is 1.03 bits per heavy atom. The second kappa shape index (κ2) is 10.6. The van der Waals surface area contributed by atoms with Gasteiger partial charge >= 0.3 is 5.97 Å². The van der Waals surface area contributed by atoms with Crippen LogP contribution in [0.3, 0.4) is 0 Å². The highest BCUT2D eigenvalue weighted by molar-refractivity contribution is 5.69. The van der Waals surface area contributed by atoms with Crippen molar-refractivity contribution in [2.24, 2.45) is 17.3 Å². The molecule has 3 nitrogen and oxygen atoms in total. The molecule has 32 heavy (non-hydrogen) atoms. The van der Waals surface area contributed by atoms with E-state index in [-0.39, 0.29) is 17.5 Å². The van der Waals surface area contributed by atoms with Crippen LogP contribution in [0, 0.1) is 17.3 Å². The number of carbonyl (C=O) groups is 1. The fourth-order valence-electron chi connectivity index (χ4n) is 7.34. The first-order valence-electron chi connectivity index (χ1n) is 13.5. The molecule has 2 fully saturated rings. The standard InChI is InChI=1S/C29H44O3/c1-3-4-5-6-7-8-9-10-11-28(31)32-27-17-16-26-25-14-12-21-20-22(30)13-15-23(21)24(25)18-19-29(26,27)2/h13,15,20,24-27,30H,3-12,14,16-19H2,1-2H3/t24-,25-,26+,27+,29+/m1/s1. The summed E-state index contributed by atoms with van der Waals surface area (Å²) in [5, 5.41) is 9.88. The molecule has 3 aliphatic carbocycles. The molecule has 3 aliphatic rings. The Hall–Kier alpha value is -1.51. The average molecular weight is 441 g/mol. The van der Waals surface area contributed by atoms with Gasteiger partial charge in [0.1, 0.15) is 11.9 Å². The van der Waals surface area contributed by atoms with Crippen LogP contribution in [0.15, 0.2) is 18.2 Å². The number of hydrogen-bond donors (Lipinski definition) is 1. The lowest BCUT2D eigenvalue weighted by Crippen LogP contribution is -2.45. The number of carbonyl (C=O) groups excluding carboxylic acids is 1. The number of benzene rings is 1. The van der Waals surface area contributed by atoms with Gasteiger partial charge in [-0.3, -0.25) is 4.79 Å². The van der Waals surface area contributed by atoms with Gasteiger partial charge in [-0.2, -0.15) is 0 Å². The van der Waals surface area contributed by atoms with Crippen LogP contribution in [0.1, 0.15) is 121 Å². The molecule has 0 heterocycles. The Bertz CT molecular complexity index is 772. The number of unbranched alkanes of at least 4 members (excludes halogenated alkanes) is 7. The molecule has 0 amide bonds. The van der Waals surface area contributed by atoms with E-state index in [1.165, 1.54) is 68.9 Å². The Morgan fingerprint density at radius 2 is 1.78 bits per heavy atom. The van der Waals surface area contributed by atoms with Crippen molar-refractivity contribution in [3.05, 3.63) is 29.3 Å². The molecule has 5 atom stereocenters. The maximum Gasteiger partial charge on any atom is 0.306 e. The minimum absolute atomic E-state index is 0.0365. The number of aryl methyl sites for hydroxylation is 1. The van der Waals surface area contributed by atoms with Crippen molar-refractivity contribution in [3.8, 4) is 5.75 Å². The molecule has 0 unspecified atom stereocenters. The predicted octanol–water partition coefficient (Wildman–Crippen LogP) is 7.69. The van der Waals surface area contributed by atoms with Crippen molar-refractivity contribution in [2.75, 3.05) is 0 Å². The monoisotopic (exact) mass is 440 g/mol. The van der Waals surface area contributed by atoms with E-state index in [1.54, 1.807) is 0 Å². The van der Waals surface area contributed by atoms with Crippen LogP contribution in [-0.4, -0.2) is 17.2 Å². The number of phenolic OH excluding ortho intramolecular Hbond substituents is 1. The van der Waals surface area contributed by atoms with Gasteiger partial charge < -0.3 is 9.84 Å². The number of hydrogen-bond acceptors (Lipinski definition) is 3. The summed E-state index contributed by atoms with van der Waals surface area (Å²) >= 11 is 0. The minimum Gasteiger partial charge on any atom is -0.508 e. The first-order valence-corrected chi connectivity index (χ1v) is 13.5. The lowest BCUT2D eigenvalue weighted by Gasteiger charge is -2.50. The van der Waals surface area contributed by atoms with Gasteiger partial charge in [0.15, 0.2) is 0 Å². The smallest absolute Gasteiger partial charge is 0.306 e. The molecule has 0 aromatic heterocycles. The summed E-state index contributed by atoms with van der Waals surface area (Å²) in [6.45, 7) is 4.66. The van der Waals surface area contributed by atoms with Crippen LogP contribution in [0.5, 0.6) is 5.75 Å². The van der Waals surface area contributed by atoms with Crippen LogP contribution in [0.4, 0.5) is 0 Å². The van der Waals surface area contributed by atoms with Gasteiger partial charge in [-0.25, -0.2) is 0 Å². The Balaban J connectivity index is 1.26. The maximum atomic E-state index is 12.6. The summed E-state index contributed by atoms with van der Waals surface area (Å²) < 4.78 is 6.14. The van der Waals surface area contributed by atoms with E-state index in [9.17, 15) is 9.90 Å². The lowest BCUT2D eigenvalue weighted by molar-refractivity contribution is -0.157. The quantitative estimate of drug-likeness (QED) is 0.299. The molecule has 0 bridgehead atoms. The molecule has 1 aromatic rings. The lowest BCUT2D eigenvalue weighted by atomic mass is 9.55. The van der Waals surface area contributed by atoms with Crippen molar-refractivity contribution in [1.29, 1.82) is 0 Å². The largest absolute Gasteiger partial charge is 0.508 e. The molecule has 1 aromatic carbocycles. The van der Waals surface area contributed by atoms with Crippen LogP contribution >= 0.6 is 0 Å². The fourth-order valence-corrected chi connectivity index (χ4v) is 7.34. The molecule has 178 valence electrons. The molecular formula is C29H44O3. The van der Waals surface area contributed by atoms with E-state index < -0.39 is 0 Å². The highest BCUT2D eigenvalue weighted by atomic mass is 16.5. The second-order valence-electron chi connectivity index (χ2n) is 11.1. The van der Waals surface area contributed by atoms with Gasteiger partial charge in [-0.05, 0) is 86.0 Å². The first-order chi connectivity index (χ1) is 15.5. The van der Waals surface area contributed by atoms with E-state index in [4.69, 9.17) is 4.74 Å². The van der Waals surface area contributed by atoms with Gasteiger partial charge in [0.05, 0.1) is 0 Å². The summed E-state index contributed by atoms with van der Waals surface area (Å²) in [6.07, 6.45) is 17.6. The van der Waals surface area contributed by atoms with Gasteiger partial charge in [-0.1, -0.05) is 64.9 Å². The van der Waals surface area contributed by atoms with Crippen molar-refractivity contribution >= 4 is 5.97 Å². The molecule has 1 N–H and O–H groups in total. The van der Waals surface area contributed by atoms with E-state index in [2.05, 4.69) is 19.9 Å². The van der Waals surface area contributed by atoms with Crippen molar-refractivity contribution < 1.29 is 14.6 Å². The van der Waals surface area contributed by atoms with E-state index in [0.717, 1.165) is 32.1 Å². The van der Waals surface area contributed by atoms with Crippen LogP contribution in [0.25, 0.3) is 0 Å². The Labute approximate surface area is 195 Å². The van der Waals surface area contributed by atoms with E-state index >= 15 is 0 Å². The average Bonchev–Trinajstić information content (AvgIpc) is 3.11. The van der Waals surface area contributed by atoms with Crippen molar-refractivity contribution in [2.45, 2.75) is 122 Å². The zero-order valence-electron chi connectivity index (χ0n) is 20.4. The molecule has 2 saturated carbocycles. The highest BCUT2D eigenvalue weighted by Crippen LogP contribution is 2.61. The summed E-state index contributed by atoms with van der Waals surface area (Å²) in [4.78, 5) is 12.6. The Morgan fingerprint density at radius 3 is 2.56 bits per heavy atom. The molecule has 0 radical (unpaired) electrons. The summed E-state index contributed by atoms with van der Waals surface area (Å²) in [5.41, 5.74) is 2.96. The summed E-state index contributed by atoms with van der Waals surface area (Å²) in [7, 11) is 0. The van der Waals surface area contributed by atoms with Gasteiger partial charge in [0, 0.05) is 11.8 Å². The molecule has 0 aliphatic heterocycles. The molecule has 3 heteroatoms. The highest BCUT2D eigenvalue weighted by Gasteiger charge is 2.56.